The first-order valence-corrected chi connectivity index (χ1v) is 6.22. The molecular weight excluding hydrogens is 268 g/mol. The Morgan fingerprint density at radius 2 is 2.42 bits per heavy atom. The first-order chi connectivity index (χ1) is 9.11. The Kier molecular flexibility index (Phi) is 4.07. The number of hydrogen-bond acceptors (Lipinski definition) is 4. The molecule has 1 aliphatic rings. The standard InChI is InChI=1S/C12H13ClN4O2/c1-2-5-17-12(19)11(9(13)7-15-17)16-8-3-4-10(18)14-6-8/h1,7-8,16H,3-6H2,(H,14,18). The largest absolute Gasteiger partial charge is 0.375 e. The molecule has 1 unspecified atom stereocenters. The summed E-state index contributed by atoms with van der Waals surface area (Å²) in [5, 5.41) is 9.88. The van der Waals surface area contributed by atoms with Crippen molar-refractivity contribution in [1.29, 1.82) is 0 Å². The van der Waals surface area contributed by atoms with E-state index in [-0.39, 0.29) is 34.8 Å². The van der Waals surface area contributed by atoms with Gasteiger partial charge in [-0.2, -0.15) is 5.10 Å². The molecule has 0 bridgehead atoms. The molecular formula is C12H13ClN4O2. The molecule has 100 valence electrons. The molecule has 1 saturated heterocycles. The number of anilines is 1. The third kappa shape index (κ3) is 3.06. The van der Waals surface area contributed by atoms with Gasteiger partial charge in [0.25, 0.3) is 5.56 Å². The van der Waals surface area contributed by atoms with Crippen molar-refractivity contribution in [1.82, 2.24) is 15.1 Å². The Morgan fingerprint density at radius 3 is 3.05 bits per heavy atom. The van der Waals surface area contributed by atoms with Crippen LogP contribution in [0.25, 0.3) is 0 Å². The number of nitrogens with zero attached hydrogens (tertiary/aromatic N) is 2. The number of amides is 1. The lowest BCUT2D eigenvalue weighted by atomic mass is 10.1. The first-order valence-electron chi connectivity index (χ1n) is 5.84. The van der Waals surface area contributed by atoms with E-state index in [1.165, 1.54) is 6.20 Å². The number of terminal acetylenes is 1. The van der Waals surface area contributed by atoms with Gasteiger partial charge in [-0.1, -0.05) is 17.5 Å². The Bertz CT molecular complexity index is 580. The minimum absolute atomic E-state index is 0.0172. The highest BCUT2D eigenvalue weighted by Gasteiger charge is 2.20. The molecule has 1 aromatic heterocycles. The van der Waals surface area contributed by atoms with Gasteiger partial charge in [0.1, 0.15) is 12.2 Å². The van der Waals surface area contributed by atoms with E-state index < -0.39 is 0 Å². The predicted octanol–water partition coefficient (Wildman–Crippen LogP) is 0.220. The second-order valence-electron chi connectivity index (χ2n) is 4.22. The van der Waals surface area contributed by atoms with Gasteiger partial charge < -0.3 is 10.6 Å². The molecule has 2 N–H and O–H groups in total. The van der Waals surface area contributed by atoms with Gasteiger partial charge in [-0.05, 0) is 6.42 Å². The highest BCUT2D eigenvalue weighted by Crippen LogP contribution is 2.18. The number of piperidine rings is 1. The highest BCUT2D eigenvalue weighted by molar-refractivity contribution is 6.33. The number of nitrogens with one attached hydrogen (secondary N) is 2. The van der Waals surface area contributed by atoms with Crippen LogP contribution in [0.4, 0.5) is 5.69 Å². The molecule has 0 spiro atoms. The monoisotopic (exact) mass is 280 g/mol. The highest BCUT2D eigenvalue weighted by atomic mass is 35.5. The molecule has 0 aromatic carbocycles. The van der Waals surface area contributed by atoms with E-state index in [0.29, 0.717) is 19.4 Å². The zero-order valence-electron chi connectivity index (χ0n) is 10.1. The molecule has 0 aliphatic carbocycles. The summed E-state index contributed by atoms with van der Waals surface area (Å²) < 4.78 is 1.16. The van der Waals surface area contributed by atoms with Gasteiger partial charge in [-0.3, -0.25) is 9.59 Å². The van der Waals surface area contributed by atoms with Crippen molar-refractivity contribution < 1.29 is 4.79 Å². The number of aromatic nitrogens is 2. The van der Waals surface area contributed by atoms with Crippen molar-refractivity contribution >= 4 is 23.2 Å². The minimum atomic E-state index is -0.359. The Hall–Kier alpha value is -2.00. The zero-order valence-corrected chi connectivity index (χ0v) is 10.9. The van der Waals surface area contributed by atoms with E-state index in [2.05, 4.69) is 21.7 Å². The minimum Gasteiger partial charge on any atom is -0.375 e. The Labute approximate surface area is 115 Å². The number of halogens is 1. The fraction of sp³-hybridized carbons (Fsp3) is 0.417. The summed E-state index contributed by atoms with van der Waals surface area (Å²) in [6.45, 7) is 0.554. The quantitative estimate of drug-likeness (QED) is 0.777. The fourth-order valence-corrected chi connectivity index (χ4v) is 2.04. The molecule has 1 aromatic rings. The summed E-state index contributed by atoms with van der Waals surface area (Å²) in [5.41, 5.74) is -0.0876. The van der Waals surface area contributed by atoms with Gasteiger partial charge in [0.05, 0.1) is 11.2 Å². The molecule has 0 radical (unpaired) electrons. The van der Waals surface area contributed by atoms with Crippen molar-refractivity contribution in [3.8, 4) is 12.3 Å². The topological polar surface area (TPSA) is 76.0 Å². The second kappa shape index (κ2) is 5.76. The van der Waals surface area contributed by atoms with E-state index in [1.54, 1.807) is 0 Å². The fourth-order valence-electron chi connectivity index (χ4n) is 1.86. The van der Waals surface area contributed by atoms with Crippen LogP contribution >= 0.6 is 11.6 Å². The molecule has 1 atom stereocenters. The summed E-state index contributed by atoms with van der Waals surface area (Å²) >= 11 is 5.97. The number of carbonyl (C=O) groups is 1. The lowest BCUT2D eigenvalue weighted by Gasteiger charge is -2.24. The third-order valence-electron chi connectivity index (χ3n) is 2.85. The van der Waals surface area contributed by atoms with Crippen LogP contribution in [-0.4, -0.2) is 28.3 Å². The molecule has 7 heteroatoms. The van der Waals surface area contributed by atoms with Crippen LogP contribution in [0, 0.1) is 12.3 Å². The zero-order chi connectivity index (χ0) is 13.8. The van der Waals surface area contributed by atoms with Gasteiger partial charge in [0.2, 0.25) is 5.91 Å². The summed E-state index contributed by atoms with van der Waals surface area (Å²) in [4.78, 5) is 23.2. The number of hydrogen-bond donors (Lipinski definition) is 2. The van der Waals surface area contributed by atoms with Crippen LogP contribution in [0.5, 0.6) is 0 Å². The van der Waals surface area contributed by atoms with Crippen LogP contribution in [0.2, 0.25) is 5.02 Å². The van der Waals surface area contributed by atoms with E-state index in [0.717, 1.165) is 4.68 Å². The first kappa shape index (κ1) is 13.4. The number of carbonyl (C=O) groups excluding carboxylic acids is 1. The maximum Gasteiger partial charge on any atom is 0.292 e. The van der Waals surface area contributed by atoms with Gasteiger partial charge in [0, 0.05) is 19.0 Å². The van der Waals surface area contributed by atoms with Crippen molar-refractivity contribution in [3.63, 3.8) is 0 Å². The molecule has 19 heavy (non-hydrogen) atoms. The summed E-state index contributed by atoms with van der Waals surface area (Å²) in [5.74, 6) is 2.37. The SMILES string of the molecule is C#CCn1ncc(Cl)c(NC2CCC(=O)NC2)c1=O. The second-order valence-corrected chi connectivity index (χ2v) is 4.63. The van der Waals surface area contributed by atoms with Crippen LogP contribution in [0.1, 0.15) is 12.8 Å². The molecule has 1 amide bonds. The van der Waals surface area contributed by atoms with E-state index in [1.807, 2.05) is 0 Å². The van der Waals surface area contributed by atoms with E-state index >= 15 is 0 Å². The van der Waals surface area contributed by atoms with Crippen LogP contribution < -0.4 is 16.2 Å². The Morgan fingerprint density at radius 1 is 1.63 bits per heavy atom. The molecule has 2 rings (SSSR count). The summed E-state index contributed by atoms with van der Waals surface area (Å²) in [6.07, 6.45) is 7.63. The van der Waals surface area contributed by atoms with Gasteiger partial charge in [-0.15, -0.1) is 6.42 Å². The Balaban J connectivity index is 2.20. The smallest absolute Gasteiger partial charge is 0.292 e. The summed E-state index contributed by atoms with van der Waals surface area (Å²) in [7, 11) is 0. The van der Waals surface area contributed by atoms with Crippen molar-refractivity contribution in [2.75, 3.05) is 11.9 Å². The third-order valence-corrected chi connectivity index (χ3v) is 3.14. The lowest BCUT2D eigenvalue weighted by Crippen LogP contribution is -2.43. The molecule has 6 nitrogen and oxygen atoms in total. The molecule has 1 aliphatic heterocycles. The molecule has 0 saturated carbocycles. The van der Waals surface area contributed by atoms with Gasteiger partial charge >= 0.3 is 0 Å². The molecule has 2 heterocycles. The predicted molar refractivity (Wildman–Crippen MR) is 72.0 cm³/mol. The van der Waals surface area contributed by atoms with Crippen molar-refractivity contribution in [3.05, 3.63) is 21.6 Å². The van der Waals surface area contributed by atoms with Crippen LogP contribution in [0.3, 0.4) is 0 Å². The average molecular weight is 281 g/mol. The van der Waals surface area contributed by atoms with Crippen molar-refractivity contribution in [2.24, 2.45) is 0 Å². The summed E-state index contributed by atoms with van der Waals surface area (Å²) in [6, 6.07) is -0.0235. The lowest BCUT2D eigenvalue weighted by molar-refractivity contribution is -0.122. The van der Waals surface area contributed by atoms with Gasteiger partial charge in [0.15, 0.2) is 0 Å². The van der Waals surface area contributed by atoms with Gasteiger partial charge in [-0.25, -0.2) is 4.68 Å². The van der Waals surface area contributed by atoms with Crippen LogP contribution in [0.15, 0.2) is 11.0 Å². The van der Waals surface area contributed by atoms with E-state index in [9.17, 15) is 9.59 Å². The maximum atomic E-state index is 12.1. The molecule has 1 fully saturated rings. The van der Waals surface area contributed by atoms with Crippen LogP contribution in [-0.2, 0) is 11.3 Å². The van der Waals surface area contributed by atoms with Crippen molar-refractivity contribution in [2.45, 2.75) is 25.4 Å². The maximum absolute atomic E-state index is 12.1. The normalized spacial score (nSPS) is 18.5. The average Bonchev–Trinajstić information content (AvgIpc) is 2.40. The van der Waals surface area contributed by atoms with E-state index in [4.69, 9.17) is 18.0 Å². The number of rotatable bonds is 3.